The standard InChI is InChI=1S/C14H20BrNO2/c1-10(2)6-7-16-14(17)9-18-13-5-4-11(3)8-12(13)15/h4-5,8,10H,6-7,9H2,1-3H3,(H,16,17). The van der Waals surface area contributed by atoms with E-state index >= 15 is 0 Å². The first kappa shape index (κ1) is 15.0. The Morgan fingerprint density at radius 1 is 1.44 bits per heavy atom. The SMILES string of the molecule is Cc1ccc(OCC(=O)NCCC(C)C)c(Br)c1. The van der Waals surface area contributed by atoms with Crippen molar-refractivity contribution in [3.63, 3.8) is 0 Å². The van der Waals surface area contributed by atoms with Crippen molar-refractivity contribution < 1.29 is 9.53 Å². The van der Waals surface area contributed by atoms with Crippen LogP contribution < -0.4 is 10.1 Å². The fourth-order valence-corrected chi connectivity index (χ4v) is 2.03. The summed E-state index contributed by atoms with van der Waals surface area (Å²) in [4.78, 5) is 11.5. The Kier molecular flexibility index (Phi) is 6.19. The second kappa shape index (κ2) is 7.41. The monoisotopic (exact) mass is 313 g/mol. The van der Waals surface area contributed by atoms with Crippen molar-refractivity contribution >= 4 is 21.8 Å². The van der Waals surface area contributed by atoms with E-state index in [1.54, 1.807) is 0 Å². The second-order valence-corrected chi connectivity index (χ2v) is 5.61. The second-order valence-electron chi connectivity index (χ2n) is 4.76. The third kappa shape index (κ3) is 5.54. The summed E-state index contributed by atoms with van der Waals surface area (Å²) < 4.78 is 6.32. The van der Waals surface area contributed by atoms with Crippen molar-refractivity contribution in [1.82, 2.24) is 5.32 Å². The number of aryl methyl sites for hydroxylation is 1. The number of amides is 1. The summed E-state index contributed by atoms with van der Waals surface area (Å²) in [5, 5.41) is 2.84. The molecule has 1 N–H and O–H groups in total. The van der Waals surface area contributed by atoms with Gasteiger partial charge < -0.3 is 10.1 Å². The first-order valence-electron chi connectivity index (χ1n) is 6.14. The van der Waals surface area contributed by atoms with E-state index in [2.05, 4.69) is 35.1 Å². The molecule has 1 aromatic rings. The van der Waals surface area contributed by atoms with Crippen molar-refractivity contribution in [2.24, 2.45) is 5.92 Å². The molecule has 0 spiro atoms. The Morgan fingerprint density at radius 2 is 2.17 bits per heavy atom. The first-order valence-corrected chi connectivity index (χ1v) is 6.94. The van der Waals surface area contributed by atoms with E-state index in [0.717, 1.165) is 16.5 Å². The van der Waals surface area contributed by atoms with Crippen LogP contribution in [0.15, 0.2) is 22.7 Å². The van der Waals surface area contributed by atoms with Crippen LogP contribution in [0.25, 0.3) is 0 Å². The summed E-state index contributed by atoms with van der Waals surface area (Å²) in [7, 11) is 0. The van der Waals surface area contributed by atoms with E-state index in [0.29, 0.717) is 18.2 Å². The summed E-state index contributed by atoms with van der Waals surface area (Å²) >= 11 is 3.41. The minimum absolute atomic E-state index is 0.0553. The van der Waals surface area contributed by atoms with E-state index in [9.17, 15) is 4.79 Å². The van der Waals surface area contributed by atoms with Crippen molar-refractivity contribution in [1.29, 1.82) is 0 Å². The van der Waals surface area contributed by atoms with Crippen LogP contribution in [0, 0.1) is 12.8 Å². The molecule has 0 bridgehead atoms. The fourth-order valence-electron chi connectivity index (χ4n) is 1.42. The van der Waals surface area contributed by atoms with Crippen LogP contribution in [0.1, 0.15) is 25.8 Å². The molecule has 0 unspecified atom stereocenters. The molecular formula is C14H20BrNO2. The lowest BCUT2D eigenvalue weighted by Gasteiger charge is -2.10. The van der Waals surface area contributed by atoms with Gasteiger partial charge in [0.05, 0.1) is 4.47 Å². The Morgan fingerprint density at radius 3 is 2.78 bits per heavy atom. The minimum Gasteiger partial charge on any atom is -0.483 e. The molecule has 1 aromatic carbocycles. The normalized spacial score (nSPS) is 10.5. The van der Waals surface area contributed by atoms with Crippen LogP contribution >= 0.6 is 15.9 Å². The number of halogens is 1. The molecule has 0 aliphatic heterocycles. The third-order valence-electron chi connectivity index (χ3n) is 2.49. The van der Waals surface area contributed by atoms with Gasteiger partial charge in [0.15, 0.2) is 6.61 Å². The van der Waals surface area contributed by atoms with Crippen LogP contribution in [0.3, 0.4) is 0 Å². The highest BCUT2D eigenvalue weighted by Gasteiger charge is 2.05. The zero-order valence-corrected chi connectivity index (χ0v) is 12.7. The van der Waals surface area contributed by atoms with Gasteiger partial charge in [-0.2, -0.15) is 0 Å². The molecule has 0 fully saturated rings. The predicted octanol–water partition coefficient (Wildman–Crippen LogP) is 3.30. The van der Waals surface area contributed by atoms with E-state index in [4.69, 9.17) is 4.74 Å². The molecule has 18 heavy (non-hydrogen) atoms. The molecule has 100 valence electrons. The molecule has 0 saturated carbocycles. The number of rotatable bonds is 6. The number of carbonyl (C=O) groups excluding carboxylic acids is 1. The highest BCUT2D eigenvalue weighted by Crippen LogP contribution is 2.25. The Balaban J connectivity index is 2.33. The molecule has 0 heterocycles. The summed E-state index contributed by atoms with van der Waals surface area (Å²) in [6, 6.07) is 5.78. The fraction of sp³-hybridized carbons (Fsp3) is 0.500. The van der Waals surface area contributed by atoms with E-state index in [-0.39, 0.29) is 12.5 Å². The molecule has 0 aromatic heterocycles. The van der Waals surface area contributed by atoms with Crippen LogP contribution in [0.4, 0.5) is 0 Å². The van der Waals surface area contributed by atoms with Crippen LogP contribution in [-0.4, -0.2) is 19.1 Å². The summed E-state index contributed by atoms with van der Waals surface area (Å²) in [5.41, 5.74) is 1.15. The van der Waals surface area contributed by atoms with Crippen molar-refractivity contribution in [2.75, 3.05) is 13.2 Å². The minimum atomic E-state index is -0.0804. The number of benzene rings is 1. The van der Waals surface area contributed by atoms with Gasteiger partial charge in [0.2, 0.25) is 0 Å². The predicted molar refractivity (Wildman–Crippen MR) is 76.8 cm³/mol. The molecule has 1 rings (SSSR count). The molecule has 4 heteroatoms. The van der Waals surface area contributed by atoms with Crippen molar-refractivity contribution in [3.8, 4) is 5.75 Å². The molecule has 0 saturated heterocycles. The number of ether oxygens (including phenoxy) is 1. The molecule has 3 nitrogen and oxygen atoms in total. The zero-order valence-electron chi connectivity index (χ0n) is 11.1. The Bertz CT molecular complexity index is 405. The van der Waals surface area contributed by atoms with Crippen LogP contribution in [0.5, 0.6) is 5.75 Å². The first-order chi connectivity index (χ1) is 8.49. The van der Waals surface area contributed by atoms with Crippen LogP contribution in [0.2, 0.25) is 0 Å². The third-order valence-corrected chi connectivity index (χ3v) is 3.11. The van der Waals surface area contributed by atoms with E-state index in [1.165, 1.54) is 0 Å². The molecule has 0 aliphatic carbocycles. The number of nitrogens with one attached hydrogen (secondary N) is 1. The van der Waals surface area contributed by atoms with E-state index in [1.807, 2.05) is 25.1 Å². The largest absolute Gasteiger partial charge is 0.483 e. The number of hydrogen-bond acceptors (Lipinski definition) is 2. The van der Waals surface area contributed by atoms with Gasteiger partial charge in [0, 0.05) is 6.54 Å². The van der Waals surface area contributed by atoms with Crippen LogP contribution in [-0.2, 0) is 4.79 Å². The zero-order chi connectivity index (χ0) is 13.5. The maximum absolute atomic E-state index is 11.5. The van der Waals surface area contributed by atoms with Gasteiger partial charge >= 0.3 is 0 Å². The molecule has 0 radical (unpaired) electrons. The van der Waals surface area contributed by atoms with Crippen molar-refractivity contribution in [3.05, 3.63) is 28.2 Å². The van der Waals surface area contributed by atoms with Gasteiger partial charge in [-0.05, 0) is 52.9 Å². The summed E-state index contributed by atoms with van der Waals surface area (Å²) in [6.07, 6.45) is 0.986. The average Bonchev–Trinajstić information content (AvgIpc) is 2.27. The lowest BCUT2D eigenvalue weighted by molar-refractivity contribution is -0.123. The molecule has 0 aliphatic rings. The molecular weight excluding hydrogens is 294 g/mol. The summed E-state index contributed by atoms with van der Waals surface area (Å²) in [6.45, 7) is 7.03. The van der Waals surface area contributed by atoms with Gasteiger partial charge in [-0.25, -0.2) is 0 Å². The van der Waals surface area contributed by atoms with Crippen molar-refractivity contribution in [2.45, 2.75) is 27.2 Å². The van der Waals surface area contributed by atoms with Gasteiger partial charge in [0.25, 0.3) is 5.91 Å². The highest BCUT2D eigenvalue weighted by molar-refractivity contribution is 9.10. The Labute approximate surface area is 117 Å². The average molecular weight is 314 g/mol. The molecule has 0 atom stereocenters. The lowest BCUT2D eigenvalue weighted by Crippen LogP contribution is -2.30. The van der Waals surface area contributed by atoms with Gasteiger partial charge in [-0.3, -0.25) is 4.79 Å². The molecule has 1 amide bonds. The topological polar surface area (TPSA) is 38.3 Å². The van der Waals surface area contributed by atoms with Gasteiger partial charge in [-0.1, -0.05) is 19.9 Å². The highest BCUT2D eigenvalue weighted by atomic mass is 79.9. The maximum atomic E-state index is 11.5. The quantitative estimate of drug-likeness (QED) is 0.875. The van der Waals surface area contributed by atoms with Gasteiger partial charge in [-0.15, -0.1) is 0 Å². The van der Waals surface area contributed by atoms with E-state index < -0.39 is 0 Å². The Hall–Kier alpha value is -1.03. The van der Waals surface area contributed by atoms with Gasteiger partial charge in [0.1, 0.15) is 5.75 Å². The lowest BCUT2D eigenvalue weighted by atomic mass is 10.1. The smallest absolute Gasteiger partial charge is 0.257 e. The summed E-state index contributed by atoms with van der Waals surface area (Å²) in [5.74, 6) is 1.21. The maximum Gasteiger partial charge on any atom is 0.257 e. The number of hydrogen-bond donors (Lipinski definition) is 1. The number of carbonyl (C=O) groups is 1.